The summed E-state index contributed by atoms with van der Waals surface area (Å²) in [5.74, 6) is 0.420. The van der Waals surface area contributed by atoms with E-state index >= 15 is 0 Å². The third-order valence-corrected chi connectivity index (χ3v) is 6.58. The molecule has 0 unspecified atom stereocenters. The van der Waals surface area contributed by atoms with Crippen molar-refractivity contribution in [2.24, 2.45) is 0 Å². The minimum atomic E-state index is -1.21. The maximum Gasteiger partial charge on any atom is 0.242 e. The molecule has 10 nitrogen and oxygen atoms in total. The van der Waals surface area contributed by atoms with Crippen molar-refractivity contribution in [3.63, 3.8) is 0 Å². The van der Waals surface area contributed by atoms with Crippen LogP contribution in [-0.4, -0.2) is 48.1 Å². The zero-order valence-corrected chi connectivity index (χ0v) is 18.6. The van der Waals surface area contributed by atoms with Crippen molar-refractivity contribution in [1.29, 1.82) is 0 Å². The molecule has 166 valence electrons. The molecule has 0 bridgehead atoms. The van der Waals surface area contributed by atoms with Crippen molar-refractivity contribution in [3.05, 3.63) is 52.7 Å². The second-order valence-electron chi connectivity index (χ2n) is 8.27. The number of amides is 2. The van der Waals surface area contributed by atoms with Gasteiger partial charge in [-0.2, -0.15) is 9.78 Å². The van der Waals surface area contributed by atoms with Gasteiger partial charge in [-0.15, -0.1) is 0 Å². The highest BCUT2D eigenvalue weighted by atomic mass is 35.5. The summed E-state index contributed by atoms with van der Waals surface area (Å²) in [7, 11) is 0. The normalized spacial score (nSPS) is 19.3. The third-order valence-electron chi connectivity index (χ3n) is 6.34. The number of H-pyrrole nitrogens is 1. The molecule has 0 saturated heterocycles. The first-order valence-electron chi connectivity index (χ1n) is 10.6. The van der Waals surface area contributed by atoms with Crippen LogP contribution in [0.5, 0.6) is 0 Å². The van der Waals surface area contributed by atoms with Gasteiger partial charge in [0, 0.05) is 29.2 Å². The molecule has 33 heavy (non-hydrogen) atoms. The molecule has 1 spiro atoms. The van der Waals surface area contributed by atoms with Gasteiger partial charge in [-0.3, -0.25) is 9.59 Å². The van der Waals surface area contributed by atoms with E-state index in [1.54, 1.807) is 21.7 Å². The van der Waals surface area contributed by atoms with Gasteiger partial charge in [-0.25, -0.2) is 15.0 Å². The predicted molar refractivity (Wildman–Crippen MR) is 122 cm³/mol. The van der Waals surface area contributed by atoms with Gasteiger partial charge in [0.2, 0.25) is 11.8 Å². The Kier molecular flexibility index (Phi) is 4.12. The van der Waals surface area contributed by atoms with Crippen LogP contribution in [0.1, 0.15) is 36.6 Å². The molecule has 2 N–H and O–H groups in total. The van der Waals surface area contributed by atoms with E-state index in [-0.39, 0.29) is 18.2 Å². The number of nitrogens with one attached hydrogen (secondary N) is 2. The van der Waals surface area contributed by atoms with Crippen molar-refractivity contribution in [2.45, 2.75) is 32.1 Å². The predicted octanol–water partition coefficient (Wildman–Crippen LogP) is 2.89. The van der Waals surface area contributed by atoms with Crippen LogP contribution in [0.25, 0.3) is 17.0 Å². The van der Waals surface area contributed by atoms with Crippen molar-refractivity contribution >= 4 is 46.1 Å². The fourth-order valence-corrected chi connectivity index (χ4v) is 5.30. The molecule has 11 heteroatoms. The number of nitrogens with zero attached hydrogens (tertiary/aromatic N) is 6. The molecule has 2 amide bonds. The van der Waals surface area contributed by atoms with E-state index in [4.69, 9.17) is 16.7 Å². The molecule has 0 fully saturated rings. The summed E-state index contributed by atoms with van der Waals surface area (Å²) in [4.78, 5) is 44.6. The van der Waals surface area contributed by atoms with Crippen LogP contribution in [0.3, 0.4) is 0 Å². The lowest BCUT2D eigenvalue weighted by atomic mass is 9.70. The van der Waals surface area contributed by atoms with Crippen LogP contribution in [-0.2, 0) is 15.0 Å². The molecule has 0 saturated carbocycles. The standard InChI is InChI=1S/C22H19ClN8O2/c1-3-6-30-14-5-4-12(23)7-13(14)22(21(30)33)8-15(32)28-19-16(22)11(2)29-31(19)20-17-18(25-9-24-17)26-10-27-20/h4-5,7,9-10H,3,6,8H2,1-2H3,(H,28,32)(H,24,25,26,27)/t22-/m0/s1. The number of fused-ring (bicyclic) bond motifs is 5. The van der Waals surface area contributed by atoms with Crippen LogP contribution >= 0.6 is 11.6 Å². The number of aryl methyl sites for hydroxylation is 1. The molecule has 2 aliphatic rings. The minimum absolute atomic E-state index is 0.0256. The van der Waals surface area contributed by atoms with Gasteiger partial charge < -0.3 is 15.2 Å². The lowest BCUT2D eigenvalue weighted by Crippen LogP contribution is -2.47. The first-order chi connectivity index (χ1) is 16.0. The van der Waals surface area contributed by atoms with Crippen LogP contribution in [0.4, 0.5) is 11.5 Å². The van der Waals surface area contributed by atoms with Crippen LogP contribution in [0, 0.1) is 6.92 Å². The fraction of sp³-hybridized carbons (Fsp3) is 0.273. The molecule has 1 aromatic carbocycles. The Morgan fingerprint density at radius 2 is 2.06 bits per heavy atom. The van der Waals surface area contributed by atoms with E-state index in [0.717, 1.165) is 17.7 Å². The summed E-state index contributed by atoms with van der Waals surface area (Å²) in [5, 5.41) is 8.14. The fourth-order valence-electron chi connectivity index (χ4n) is 5.12. The highest BCUT2D eigenvalue weighted by molar-refractivity contribution is 6.31. The number of rotatable bonds is 3. The maximum absolute atomic E-state index is 14.0. The number of hydrogen-bond acceptors (Lipinski definition) is 6. The number of carbonyl (C=O) groups is 2. The molecular formula is C22H19ClN8O2. The zero-order valence-electron chi connectivity index (χ0n) is 17.9. The van der Waals surface area contributed by atoms with Crippen molar-refractivity contribution in [1.82, 2.24) is 29.7 Å². The number of halogens is 1. The second-order valence-corrected chi connectivity index (χ2v) is 8.70. The average molecular weight is 463 g/mol. The molecule has 5 heterocycles. The molecule has 2 aliphatic heterocycles. The number of carbonyl (C=O) groups excluding carboxylic acids is 2. The largest absolute Gasteiger partial charge is 0.340 e. The molecule has 1 atom stereocenters. The average Bonchev–Trinajstić information content (AvgIpc) is 3.46. The maximum atomic E-state index is 14.0. The quantitative estimate of drug-likeness (QED) is 0.482. The van der Waals surface area contributed by atoms with Gasteiger partial charge in [0.15, 0.2) is 11.5 Å². The highest BCUT2D eigenvalue weighted by Crippen LogP contribution is 2.54. The molecule has 0 aliphatic carbocycles. The molecule has 3 aromatic heterocycles. The van der Waals surface area contributed by atoms with Crippen molar-refractivity contribution < 1.29 is 9.59 Å². The molecular weight excluding hydrogens is 444 g/mol. The first-order valence-corrected chi connectivity index (χ1v) is 11.0. The Balaban J connectivity index is 1.66. The second kappa shape index (κ2) is 6.85. The monoisotopic (exact) mass is 462 g/mol. The Morgan fingerprint density at radius 3 is 2.88 bits per heavy atom. The lowest BCUT2D eigenvalue weighted by Gasteiger charge is -2.33. The lowest BCUT2D eigenvalue weighted by molar-refractivity contribution is -0.126. The van der Waals surface area contributed by atoms with E-state index in [1.807, 2.05) is 19.9 Å². The molecule has 4 aromatic rings. The van der Waals surface area contributed by atoms with Crippen molar-refractivity contribution in [2.75, 3.05) is 16.8 Å². The molecule has 0 radical (unpaired) electrons. The summed E-state index contributed by atoms with van der Waals surface area (Å²) in [6.45, 7) is 4.39. The first kappa shape index (κ1) is 19.9. The van der Waals surface area contributed by atoms with E-state index in [0.29, 0.717) is 45.6 Å². The van der Waals surface area contributed by atoms with Crippen molar-refractivity contribution in [3.8, 4) is 5.82 Å². The number of aromatic nitrogens is 6. The summed E-state index contributed by atoms with van der Waals surface area (Å²) in [5.41, 5.74) is 2.61. The van der Waals surface area contributed by atoms with E-state index in [9.17, 15) is 9.59 Å². The van der Waals surface area contributed by atoms with Gasteiger partial charge in [0.1, 0.15) is 23.1 Å². The number of benzene rings is 1. The Labute approximate surface area is 193 Å². The SMILES string of the molecule is CCCN1C(=O)[C@@]2(CC(=O)Nc3c2c(C)nn3-c2ncnc3nc[nH]c23)c2cc(Cl)ccc21. The van der Waals surface area contributed by atoms with Gasteiger partial charge in [-0.05, 0) is 37.1 Å². The Morgan fingerprint density at radius 1 is 1.21 bits per heavy atom. The van der Waals surface area contributed by atoms with E-state index < -0.39 is 5.41 Å². The number of anilines is 2. The number of hydrogen-bond donors (Lipinski definition) is 2. The van der Waals surface area contributed by atoms with Gasteiger partial charge in [0.25, 0.3) is 0 Å². The summed E-state index contributed by atoms with van der Waals surface area (Å²) in [6.07, 6.45) is 3.66. The van der Waals surface area contributed by atoms with E-state index in [2.05, 4.69) is 25.3 Å². The highest BCUT2D eigenvalue weighted by Gasteiger charge is 2.58. The summed E-state index contributed by atoms with van der Waals surface area (Å²) >= 11 is 6.38. The van der Waals surface area contributed by atoms with Gasteiger partial charge in [-0.1, -0.05) is 18.5 Å². The summed E-state index contributed by atoms with van der Waals surface area (Å²) < 4.78 is 1.55. The van der Waals surface area contributed by atoms with Gasteiger partial charge >= 0.3 is 0 Å². The van der Waals surface area contributed by atoms with Crippen LogP contribution in [0.2, 0.25) is 5.02 Å². The smallest absolute Gasteiger partial charge is 0.242 e. The molecule has 6 rings (SSSR count). The van der Waals surface area contributed by atoms with E-state index in [1.165, 1.54) is 12.7 Å². The zero-order chi connectivity index (χ0) is 22.9. The Hall–Kier alpha value is -3.79. The minimum Gasteiger partial charge on any atom is -0.340 e. The van der Waals surface area contributed by atoms with Crippen LogP contribution in [0.15, 0.2) is 30.9 Å². The summed E-state index contributed by atoms with van der Waals surface area (Å²) in [6, 6.07) is 5.41. The van der Waals surface area contributed by atoms with Crippen LogP contribution < -0.4 is 10.2 Å². The number of aromatic amines is 1. The number of imidazole rings is 1. The Bertz CT molecular complexity index is 1470. The third kappa shape index (κ3) is 2.55. The topological polar surface area (TPSA) is 122 Å². The van der Waals surface area contributed by atoms with Gasteiger partial charge in [0.05, 0.1) is 12.0 Å².